The molecule has 0 fully saturated rings. The number of hydrogen-bond donors (Lipinski definition) is 2. The maximum Gasteiger partial charge on any atom is 0.309 e. The highest BCUT2D eigenvalue weighted by Gasteiger charge is 2.13. The number of aliphatic carboxylic acids is 1. The lowest BCUT2D eigenvalue weighted by Gasteiger charge is -1.94. The summed E-state index contributed by atoms with van der Waals surface area (Å²) in [7, 11) is 0. The SMILES string of the molecule is O=C(O)Cc1[nH]nc2c(F)cc(F)cc12. The maximum atomic E-state index is 13.1. The monoisotopic (exact) mass is 212 g/mol. The van der Waals surface area contributed by atoms with Crippen LogP contribution in [-0.2, 0) is 11.2 Å². The number of hydrogen-bond acceptors (Lipinski definition) is 2. The van der Waals surface area contributed by atoms with Crippen LogP contribution in [0.25, 0.3) is 10.9 Å². The van der Waals surface area contributed by atoms with E-state index in [2.05, 4.69) is 10.2 Å². The number of H-pyrrole nitrogens is 1. The zero-order valence-corrected chi connectivity index (χ0v) is 7.42. The van der Waals surface area contributed by atoms with Gasteiger partial charge in [0, 0.05) is 11.5 Å². The molecule has 0 bridgehead atoms. The number of aromatic amines is 1. The molecule has 2 rings (SSSR count). The molecule has 0 aliphatic carbocycles. The van der Waals surface area contributed by atoms with Crippen molar-refractivity contribution in [3.05, 3.63) is 29.5 Å². The number of nitrogens with one attached hydrogen (secondary N) is 1. The molecule has 0 aliphatic heterocycles. The fourth-order valence-corrected chi connectivity index (χ4v) is 1.38. The normalized spacial score (nSPS) is 10.8. The van der Waals surface area contributed by atoms with E-state index in [-0.39, 0.29) is 23.0 Å². The number of nitrogens with zero attached hydrogens (tertiary/aromatic N) is 1. The average molecular weight is 212 g/mol. The first-order valence-electron chi connectivity index (χ1n) is 4.11. The number of carboxylic acid groups (broad SMARTS) is 1. The summed E-state index contributed by atoms with van der Waals surface area (Å²) in [4.78, 5) is 10.4. The molecule has 1 aromatic carbocycles. The van der Waals surface area contributed by atoms with E-state index >= 15 is 0 Å². The minimum absolute atomic E-state index is 0.0485. The van der Waals surface area contributed by atoms with Crippen LogP contribution in [0.4, 0.5) is 8.78 Å². The van der Waals surface area contributed by atoms with Crippen LogP contribution in [0.2, 0.25) is 0 Å². The minimum atomic E-state index is -1.09. The molecule has 1 heterocycles. The third-order valence-corrected chi connectivity index (χ3v) is 1.98. The Labute approximate surface area is 82.5 Å². The van der Waals surface area contributed by atoms with E-state index in [1.54, 1.807) is 0 Å². The van der Waals surface area contributed by atoms with E-state index in [1.165, 1.54) is 0 Å². The van der Waals surface area contributed by atoms with E-state index in [0.29, 0.717) is 6.07 Å². The van der Waals surface area contributed by atoms with E-state index in [9.17, 15) is 13.6 Å². The van der Waals surface area contributed by atoms with Gasteiger partial charge in [-0.2, -0.15) is 5.10 Å². The number of rotatable bonds is 2. The quantitative estimate of drug-likeness (QED) is 0.792. The molecule has 0 amide bonds. The summed E-state index contributed by atoms with van der Waals surface area (Å²) in [6.45, 7) is 0. The number of halogens is 2. The minimum Gasteiger partial charge on any atom is -0.481 e. The van der Waals surface area contributed by atoms with Gasteiger partial charge in [0.2, 0.25) is 0 Å². The van der Waals surface area contributed by atoms with Crippen molar-refractivity contribution in [1.29, 1.82) is 0 Å². The Morgan fingerprint density at radius 1 is 1.47 bits per heavy atom. The molecule has 6 heteroatoms. The van der Waals surface area contributed by atoms with Gasteiger partial charge in [-0.05, 0) is 6.07 Å². The van der Waals surface area contributed by atoms with Crippen LogP contribution in [0.5, 0.6) is 0 Å². The molecule has 0 saturated carbocycles. The van der Waals surface area contributed by atoms with Gasteiger partial charge < -0.3 is 5.11 Å². The predicted octanol–water partition coefficient (Wildman–Crippen LogP) is 1.47. The smallest absolute Gasteiger partial charge is 0.309 e. The molecule has 15 heavy (non-hydrogen) atoms. The van der Waals surface area contributed by atoms with Crippen molar-refractivity contribution in [3.8, 4) is 0 Å². The number of carbonyl (C=O) groups is 1. The van der Waals surface area contributed by atoms with Crippen LogP contribution in [0.15, 0.2) is 12.1 Å². The van der Waals surface area contributed by atoms with E-state index in [0.717, 1.165) is 6.07 Å². The predicted molar refractivity (Wildman–Crippen MR) is 47.3 cm³/mol. The summed E-state index contributed by atoms with van der Waals surface area (Å²) < 4.78 is 26.0. The van der Waals surface area contributed by atoms with Gasteiger partial charge in [0.05, 0.1) is 12.1 Å². The second-order valence-electron chi connectivity index (χ2n) is 3.06. The molecule has 0 saturated heterocycles. The Balaban J connectivity index is 2.63. The van der Waals surface area contributed by atoms with Crippen molar-refractivity contribution in [2.24, 2.45) is 0 Å². The molecule has 0 atom stereocenters. The molecule has 0 spiro atoms. The molecular formula is C9H6F2N2O2. The molecule has 1 aromatic heterocycles. The fraction of sp³-hybridized carbons (Fsp3) is 0.111. The van der Waals surface area contributed by atoms with Gasteiger partial charge in [-0.1, -0.05) is 0 Å². The van der Waals surface area contributed by atoms with Crippen LogP contribution in [0.3, 0.4) is 0 Å². The standard InChI is InChI=1S/C9H6F2N2O2/c10-4-1-5-7(3-8(14)15)12-13-9(5)6(11)2-4/h1-2H,3H2,(H,12,13)(H,14,15). The summed E-state index contributed by atoms with van der Waals surface area (Å²) >= 11 is 0. The third kappa shape index (κ3) is 1.65. The second kappa shape index (κ2) is 3.30. The summed E-state index contributed by atoms with van der Waals surface area (Å²) in [5.74, 6) is -2.66. The highest BCUT2D eigenvalue weighted by Crippen LogP contribution is 2.20. The van der Waals surface area contributed by atoms with Crippen molar-refractivity contribution in [1.82, 2.24) is 10.2 Å². The molecular weight excluding hydrogens is 206 g/mol. The van der Waals surface area contributed by atoms with Gasteiger partial charge >= 0.3 is 5.97 Å². The van der Waals surface area contributed by atoms with Crippen LogP contribution >= 0.6 is 0 Å². The maximum absolute atomic E-state index is 13.1. The topological polar surface area (TPSA) is 66.0 Å². The lowest BCUT2D eigenvalue weighted by molar-refractivity contribution is -0.136. The Bertz CT molecular complexity index is 536. The van der Waals surface area contributed by atoms with Gasteiger partial charge in [-0.25, -0.2) is 8.78 Å². The zero-order chi connectivity index (χ0) is 11.0. The molecule has 4 nitrogen and oxygen atoms in total. The lowest BCUT2D eigenvalue weighted by Crippen LogP contribution is -2.00. The average Bonchev–Trinajstić information content (AvgIpc) is 2.48. The molecule has 2 aromatic rings. The lowest BCUT2D eigenvalue weighted by atomic mass is 10.1. The van der Waals surface area contributed by atoms with Gasteiger partial charge in [0.25, 0.3) is 0 Å². The van der Waals surface area contributed by atoms with Crippen LogP contribution in [0, 0.1) is 11.6 Å². The van der Waals surface area contributed by atoms with Crippen molar-refractivity contribution < 1.29 is 18.7 Å². The van der Waals surface area contributed by atoms with E-state index in [1.807, 2.05) is 0 Å². The van der Waals surface area contributed by atoms with Crippen molar-refractivity contribution >= 4 is 16.9 Å². The molecule has 2 N–H and O–H groups in total. The van der Waals surface area contributed by atoms with Gasteiger partial charge in [0.15, 0.2) is 5.82 Å². The van der Waals surface area contributed by atoms with E-state index < -0.39 is 17.6 Å². The van der Waals surface area contributed by atoms with Crippen LogP contribution < -0.4 is 0 Å². The van der Waals surface area contributed by atoms with Crippen molar-refractivity contribution in [2.75, 3.05) is 0 Å². The summed E-state index contributed by atoms with van der Waals surface area (Å²) in [5, 5.41) is 14.7. The molecule has 0 unspecified atom stereocenters. The first-order valence-corrected chi connectivity index (χ1v) is 4.11. The Morgan fingerprint density at radius 3 is 2.87 bits per heavy atom. The fourth-order valence-electron chi connectivity index (χ4n) is 1.38. The Kier molecular flexibility index (Phi) is 2.11. The highest BCUT2D eigenvalue weighted by molar-refractivity contribution is 5.85. The largest absolute Gasteiger partial charge is 0.481 e. The first-order chi connectivity index (χ1) is 7.08. The number of carboxylic acids is 1. The van der Waals surface area contributed by atoms with Gasteiger partial charge in [-0.3, -0.25) is 9.89 Å². The van der Waals surface area contributed by atoms with Crippen molar-refractivity contribution in [2.45, 2.75) is 6.42 Å². The van der Waals surface area contributed by atoms with Gasteiger partial charge in [0.1, 0.15) is 11.3 Å². The van der Waals surface area contributed by atoms with Crippen LogP contribution in [-0.4, -0.2) is 21.3 Å². The number of fused-ring (bicyclic) bond motifs is 1. The Hall–Kier alpha value is -1.98. The van der Waals surface area contributed by atoms with E-state index in [4.69, 9.17) is 5.11 Å². The summed E-state index contributed by atoms with van der Waals surface area (Å²) in [6.07, 6.45) is -0.348. The molecule has 0 aliphatic rings. The number of aromatic nitrogens is 2. The second-order valence-corrected chi connectivity index (χ2v) is 3.06. The molecule has 78 valence electrons. The highest BCUT2D eigenvalue weighted by atomic mass is 19.1. The first kappa shape index (κ1) is 9.57. The van der Waals surface area contributed by atoms with Crippen molar-refractivity contribution in [3.63, 3.8) is 0 Å². The van der Waals surface area contributed by atoms with Crippen LogP contribution in [0.1, 0.15) is 5.69 Å². The summed E-state index contributed by atoms with van der Waals surface area (Å²) in [6, 6.07) is 1.76. The third-order valence-electron chi connectivity index (χ3n) is 1.98. The number of benzene rings is 1. The molecule has 0 radical (unpaired) electrons. The summed E-state index contributed by atoms with van der Waals surface area (Å²) in [5.41, 5.74) is 0.142. The Morgan fingerprint density at radius 2 is 2.20 bits per heavy atom. The zero-order valence-electron chi connectivity index (χ0n) is 7.42. The van der Waals surface area contributed by atoms with Gasteiger partial charge in [-0.15, -0.1) is 0 Å².